The molecule has 2 N–H and O–H groups in total. The van der Waals surface area contributed by atoms with Gasteiger partial charge in [-0.05, 0) is 37.5 Å². The quantitative estimate of drug-likeness (QED) is 0.849. The highest BCUT2D eigenvalue weighted by molar-refractivity contribution is 5.77. The van der Waals surface area contributed by atoms with Gasteiger partial charge in [0.2, 0.25) is 0 Å². The minimum Gasteiger partial charge on any atom is -0.484 e. The zero-order valence-corrected chi connectivity index (χ0v) is 11.3. The lowest BCUT2D eigenvalue weighted by Crippen LogP contribution is -2.40. The molecule has 1 aliphatic rings. The number of hydrogen-bond donors (Lipinski definition) is 2. The molecule has 0 radical (unpaired) electrons. The molecule has 2 rings (SSSR count). The Kier molecular flexibility index (Phi) is 4.80. The van der Waals surface area contributed by atoms with E-state index in [-0.39, 0.29) is 31.1 Å². The average Bonchev–Trinajstić information content (AvgIpc) is 2.84. The molecule has 0 spiro atoms. The number of hydrogen-bond acceptors (Lipinski definition) is 3. The zero-order valence-electron chi connectivity index (χ0n) is 11.3. The number of aliphatic hydroxyl groups excluding tert-OH is 1. The topological polar surface area (TPSA) is 58.6 Å². The molecule has 0 bridgehead atoms. The molecular formula is C15H21NO3. The van der Waals surface area contributed by atoms with Crippen LogP contribution < -0.4 is 10.1 Å². The lowest BCUT2D eigenvalue weighted by Gasteiger charge is -2.19. The number of aryl methyl sites for hydroxylation is 1. The van der Waals surface area contributed by atoms with E-state index >= 15 is 0 Å². The molecule has 4 heteroatoms. The monoisotopic (exact) mass is 263 g/mol. The minimum atomic E-state index is -0.119. The summed E-state index contributed by atoms with van der Waals surface area (Å²) in [5.74, 6) is 0.787. The van der Waals surface area contributed by atoms with E-state index in [1.54, 1.807) is 0 Å². The Bertz CT molecular complexity index is 433. The second kappa shape index (κ2) is 6.57. The summed E-state index contributed by atoms with van der Waals surface area (Å²) in [6.07, 6.45) is 3.00. The Morgan fingerprint density at radius 2 is 2.32 bits per heavy atom. The lowest BCUT2D eigenvalue weighted by molar-refractivity contribution is -0.124. The van der Waals surface area contributed by atoms with E-state index in [0.29, 0.717) is 5.75 Å². The van der Waals surface area contributed by atoms with E-state index in [1.807, 2.05) is 31.2 Å². The minimum absolute atomic E-state index is 0.0259. The van der Waals surface area contributed by atoms with Crippen LogP contribution in [0.25, 0.3) is 0 Å². The number of ether oxygens (including phenoxy) is 1. The number of nitrogens with one attached hydrogen (secondary N) is 1. The normalized spacial score (nSPS) is 22.2. The molecule has 4 nitrogen and oxygen atoms in total. The first-order valence-electron chi connectivity index (χ1n) is 6.78. The van der Waals surface area contributed by atoms with Crippen molar-refractivity contribution in [3.63, 3.8) is 0 Å². The molecule has 0 aliphatic heterocycles. The van der Waals surface area contributed by atoms with Crippen molar-refractivity contribution in [3.05, 3.63) is 29.8 Å². The Hall–Kier alpha value is -1.55. The van der Waals surface area contributed by atoms with Crippen LogP contribution in [0.2, 0.25) is 0 Å². The van der Waals surface area contributed by atoms with E-state index < -0.39 is 0 Å². The summed E-state index contributed by atoms with van der Waals surface area (Å²) in [4.78, 5) is 11.8. The fraction of sp³-hybridized carbons (Fsp3) is 0.533. The third-order valence-electron chi connectivity index (χ3n) is 3.60. The second-order valence-electron chi connectivity index (χ2n) is 5.15. The Morgan fingerprint density at radius 1 is 1.47 bits per heavy atom. The molecule has 1 amide bonds. The van der Waals surface area contributed by atoms with Crippen LogP contribution in [0.15, 0.2) is 24.3 Å². The fourth-order valence-electron chi connectivity index (χ4n) is 2.55. The van der Waals surface area contributed by atoms with Crippen LogP contribution in [-0.4, -0.2) is 30.3 Å². The number of carbonyl (C=O) groups excluding carboxylic acids is 1. The molecule has 0 aromatic heterocycles. The van der Waals surface area contributed by atoms with Gasteiger partial charge in [-0.3, -0.25) is 4.79 Å². The number of carbonyl (C=O) groups is 1. The summed E-state index contributed by atoms with van der Waals surface area (Å²) >= 11 is 0. The molecule has 2 unspecified atom stereocenters. The van der Waals surface area contributed by atoms with E-state index in [1.165, 1.54) is 0 Å². The van der Waals surface area contributed by atoms with Crippen LogP contribution in [-0.2, 0) is 4.79 Å². The van der Waals surface area contributed by atoms with Gasteiger partial charge in [0.05, 0.1) is 0 Å². The van der Waals surface area contributed by atoms with Crippen LogP contribution in [0.1, 0.15) is 24.8 Å². The predicted molar refractivity (Wildman–Crippen MR) is 73.0 cm³/mol. The fourth-order valence-corrected chi connectivity index (χ4v) is 2.55. The highest BCUT2D eigenvalue weighted by Crippen LogP contribution is 2.24. The number of benzene rings is 1. The van der Waals surface area contributed by atoms with Crippen molar-refractivity contribution in [2.45, 2.75) is 32.2 Å². The van der Waals surface area contributed by atoms with Gasteiger partial charge in [0.1, 0.15) is 5.75 Å². The first kappa shape index (κ1) is 13.9. The van der Waals surface area contributed by atoms with Gasteiger partial charge < -0.3 is 15.2 Å². The van der Waals surface area contributed by atoms with Crippen LogP contribution in [0.5, 0.6) is 5.75 Å². The summed E-state index contributed by atoms with van der Waals surface area (Å²) in [6.45, 7) is 2.15. The van der Waals surface area contributed by atoms with Crippen molar-refractivity contribution in [2.24, 2.45) is 5.92 Å². The Labute approximate surface area is 113 Å². The summed E-state index contributed by atoms with van der Waals surface area (Å²) in [5, 5.41) is 12.1. The zero-order chi connectivity index (χ0) is 13.7. The molecular weight excluding hydrogens is 242 g/mol. The van der Waals surface area contributed by atoms with Crippen molar-refractivity contribution < 1.29 is 14.6 Å². The largest absolute Gasteiger partial charge is 0.484 e. The van der Waals surface area contributed by atoms with Gasteiger partial charge in [-0.25, -0.2) is 0 Å². The Morgan fingerprint density at radius 3 is 3.05 bits per heavy atom. The third kappa shape index (κ3) is 3.96. The van der Waals surface area contributed by atoms with Crippen LogP contribution >= 0.6 is 0 Å². The second-order valence-corrected chi connectivity index (χ2v) is 5.15. The van der Waals surface area contributed by atoms with Crippen molar-refractivity contribution in [3.8, 4) is 5.75 Å². The van der Waals surface area contributed by atoms with Gasteiger partial charge >= 0.3 is 0 Å². The molecule has 104 valence electrons. The number of amides is 1. The number of rotatable bonds is 5. The smallest absolute Gasteiger partial charge is 0.258 e. The molecule has 19 heavy (non-hydrogen) atoms. The summed E-state index contributed by atoms with van der Waals surface area (Å²) in [7, 11) is 0. The van der Waals surface area contributed by atoms with E-state index in [4.69, 9.17) is 4.74 Å². The molecule has 0 heterocycles. The SMILES string of the molecule is Cc1cccc(OCC(=O)NC2CCCC2CO)c1. The summed E-state index contributed by atoms with van der Waals surface area (Å²) in [6, 6.07) is 7.73. The summed E-state index contributed by atoms with van der Waals surface area (Å²) < 4.78 is 5.45. The van der Waals surface area contributed by atoms with Gasteiger partial charge in [-0.15, -0.1) is 0 Å². The van der Waals surface area contributed by atoms with Crippen LogP contribution in [0, 0.1) is 12.8 Å². The lowest BCUT2D eigenvalue weighted by atomic mass is 10.1. The average molecular weight is 263 g/mol. The first-order valence-corrected chi connectivity index (χ1v) is 6.78. The molecule has 0 saturated heterocycles. The standard InChI is InChI=1S/C15H21NO3/c1-11-4-2-6-13(8-11)19-10-15(18)16-14-7-3-5-12(14)9-17/h2,4,6,8,12,14,17H,3,5,7,9-10H2,1H3,(H,16,18). The van der Waals surface area contributed by atoms with Crippen LogP contribution in [0.4, 0.5) is 0 Å². The van der Waals surface area contributed by atoms with Gasteiger partial charge in [-0.2, -0.15) is 0 Å². The predicted octanol–water partition coefficient (Wildman–Crippen LogP) is 1.65. The van der Waals surface area contributed by atoms with Crippen LogP contribution in [0.3, 0.4) is 0 Å². The highest BCUT2D eigenvalue weighted by Gasteiger charge is 2.27. The van der Waals surface area contributed by atoms with Gasteiger partial charge in [0.15, 0.2) is 6.61 Å². The van der Waals surface area contributed by atoms with Crippen molar-refractivity contribution in [1.29, 1.82) is 0 Å². The van der Waals surface area contributed by atoms with Gasteiger partial charge in [-0.1, -0.05) is 18.6 Å². The molecule has 1 saturated carbocycles. The first-order chi connectivity index (χ1) is 9.19. The maximum absolute atomic E-state index is 11.8. The van der Waals surface area contributed by atoms with E-state index in [0.717, 1.165) is 24.8 Å². The van der Waals surface area contributed by atoms with Crippen molar-refractivity contribution >= 4 is 5.91 Å². The molecule has 1 fully saturated rings. The number of aliphatic hydroxyl groups is 1. The molecule has 1 aromatic rings. The van der Waals surface area contributed by atoms with Crippen molar-refractivity contribution in [1.82, 2.24) is 5.32 Å². The van der Waals surface area contributed by atoms with Crippen molar-refractivity contribution in [2.75, 3.05) is 13.2 Å². The van der Waals surface area contributed by atoms with E-state index in [9.17, 15) is 9.90 Å². The third-order valence-corrected chi connectivity index (χ3v) is 3.60. The van der Waals surface area contributed by atoms with Gasteiger partial charge in [0, 0.05) is 18.6 Å². The van der Waals surface area contributed by atoms with E-state index in [2.05, 4.69) is 5.32 Å². The highest BCUT2D eigenvalue weighted by atomic mass is 16.5. The molecule has 2 atom stereocenters. The molecule has 1 aliphatic carbocycles. The summed E-state index contributed by atoms with van der Waals surface area (Å²) in [5.41, 5.74) is 1.11. The Balaban J connectivity index is 1.78. The maximum Gasteiger partial charge on any atom is 0.258 e. The molecule has 1 aromatic carbocycles. The van der Waals surface area contributed by atoms with Gasteiger partial charge in [0.25, 0.3) is 5.91 Å². The maximum atomic E-state index is 11.8.